The lowest BCUT2D eigenvalue weighted by Gasteiger charge is -2.06. The second kappa shape index (κ2) is 5.89. The van der Waals surface area contributed by atoms with Crippen molar-refractivity contribution < 1.29 is 13.2 Å². The molecule has 5 heteroatoms. The number of hydrogen-bond donors (Lipinski definition) is 0. The summed E-state index contributed by atoms with van der Waals surface area (Å²) >= 11 is 1.13. The largest absolute Gasteiger partial charge is 0.293 e. The van der Waals surface area contributed by atoms with Gasteiger partial charge in [-0.3, -0.25) is 4.79 Å². The van der Waals surface area contributed by atoms with Crippen molar-refractivity contribution in [3.05, 3.63) is 52.9 Å². The summed E-state index contributed by atoms with van der Waals surface area (Å²) in [5.41, 5.74) is 1.57. The van der Waals surface area contributed by atoms with Crippen LogP contribution in [0.3, 0.4) is 0 Å². The number of thiophene rings is 1. The zero-order valence-electron chi connectivity index (χ0n) is 11.4. The first kappa shape index (κ1) is 14.9. The molecule has 20 heavy (non-hydrogen) atoms. The molecule has 0 aliphatic rings. The highest BCUT2D eigenvalue weighted by molar-refractivity contribution is 7.94. The highest BCUT2D eigenvalue weighted by Crippen LogP contribution is 2.19. The van der Waals surface area contributed by atoms with E-state index in [1.54, 1.807) is 23.6 Å². The van der Waals surface area contributed by atoms with Gasteiger partial charge in [-0.15, -0.1) is 11.3 Å². The summed E-state index contributed by atoms with van der Waals surface area (Å²) in [5.74, 6) is -0.461. The van der Waals surface area contributed by atoms with Gasteiger partial charge in [-0.2, -0.15) is 0 Å². The maximum Gasteiger partial charge on any atom is 0.195 e. The van der Waals surface area contributed by atoms with Crippen molar-refractivity contribution in [2.24, 2.45) is 0 Å². The van der Waals surface area contributed by atoms with Crippen LogP contribution in [0.5, 0.6) is 0 Å². The van der Waals surface area contributed by atoms with Crippen LogP contribution in [-0.2, 0) is 9.84 Å². The van der Waals surface area contributed by atoms with Crippen LogP contribution < -0.4 is 0 Å². The molecule has 0 aliphatic heterocycles. The van der Waals surface area contributed by atoms with E-state index < -0.39 is 15.6 Å². The second-order valence-corrected chi connectivity index (χ2v) is 8.06. The summed E-state index contributed by atoms with van der Waals surface area (Å²) in [4.78, 5) is 12.1. The first-order valence-electron chi connectivity index (χ1n) is 6.29. The van der Waals surface area contributed by atoms with Crippen LogP contribution in [0.25, 0.3) is 0 Å². The van der Waals surface area contributed by atoms with Crippen molar-refractivity contribution in [3.63, 3.8) is 0 Å². The van der Waals surface area contributed by atoms with E-state index in [0.29, 0.717) is 11.5 Å². The summed E-state index contributed by atoms with van der Waals surface area (Å²) < 4.78 is 24.3. The Kier molecular flexibility index (Phi) is 4.40. The van der Waals surface area contributed by atoms with Gasteiger partial charge in [-0.1, -0.05) is 44.2 Å². The lowest BCUT2D eigenvalue weighted by Crippen LogP contribution is -2.15. The van der Waals surface area contributed by atoms with Crippen LogP contribution >= 0.6 is 11.3 Å². The molecule has 2 aromatic rings. The van der Waals surface area contributed by atoms with Gasteiger partial charge in [0.05, 0.1) is 0 Å². The highest BCUT2D eigenvalue weighted by Gasteiger charge is 2.21. The second-order valence-electron chi connectivity index (χ2n) is 4.89. The Morgan fingerprint density at radius 3 is 2.30 bits per heavy atom. The monoisotopic (exact) mass is 308 g/mol. The van der Waals surface area contributed by atoms with E-state index in [-0.39, 0.29) is 9.99 Å². The molecule has 3 nitrogen and oxygen atoms in total. The van der Waals surface area contributed by atoms with Gasteiger partial charge < -0.3 is 0 Å². The number of ketones is 1. The van der Waals surface area contributed by atoms with Crippen molar-refractivity contribution in [1.29, 1.82) is 0 Å². The molecule has 106 valence electrons. The Bertz CT molecular complexity index is 681. The summed E-state index contributed by atoms with van der Waals surface area (Å²) in [7, 11) is -3.52. The van der Waals surface area contributed by atoms with Gasteiger partial charge in [0, 0.05) is 5.56 Å². The van der Waals surface area contributed by atoms with Crippen LogP contribution in [0.15, 0.2) is 46.0 Å². The molecule has 0 spiro atoms. The molecule has 0 unspecified atom stereocenters. The molecule has 0 N–H and O–H groups in total. The number of carbonyl (C=O) groups is 1. The standard InChI is InChI=1S/C15H16O3S2/c1-11(2)12-5-7-13(8-6-12)14(16)10-20(17,18)15-4-3-9-19-15/h3-9,11H,10H2,1-2H3. The number of benzene rings is 1. The number of Topliss-reactive ketones (excluding diaryl/α,β-unsaturated/α-hetero) is 1. The van der Waals surface area contributed by atoms with Gasteiger partial charge in [-0.25, -0.2) is 8.42 Å². The van der Waals surface area contributed by atoms with Crippen LogP contribution in [0.4, 0.5) is 0 Å². The lowest BCUT2D eigenvalue weighted by atomic mass is 10.0. The maximum absolute atomic E-state index is 12.1. The Morgan fingerprint density at radius 1 is 1.15 bits per heavy atom. The van der Waals surface area contributed by atoms with Crippen molar-refractivity contribution >= 4 is 27.0 Å². The Hall–Kier alpha value is -1.46. The molecular formula is C15H16O3S2. The number of sulfone groups is 1. The van der Waals surface area contributed by atoms with E-state index >= 15 is 0 Å². The molecule has 0 saturated heterocycles. The minimum absolute atomic E-state index is 0.240. The molecule has 0 aliphatic carbocycles. The normalized spacial score (nSPS) is 11.8. The fraction of sp³-hybridized carbons (Fsp3) is 0.267. The average Bonchev–Trinajstić information content (AvgIpc) is 2.93. The molecule has 0 atom stereocenters. The molecule has 0 fully saturated rings. The summed E-state index contributed by atoms with van der Waals surface area (Å²) in [6.45, 7) is 4.14. The van der Waals surface area contributed by atoms with Crippen molar-refractivity contribution in [2.45, 2.75) is 24.0 Å². The van der Waals surface area contributed by atoms with Gasteiger partial charge in [0.25, 0.3) is 0 Å². The molecule has 2 rings (SSSR count). The van der Waals surface area contributed by atoms with Gasteiger partial charge in [0.2, 0.25) is 0 Å². The molecule has 0 bridgehead atoms. The zero-order chi connectivity index (χ0) is 14.8. The van der Waals surface area contributed by atoms with E-state index in [1.165, 1.54) is 6.07 Å². The van der Waals surface area contributed by atoms with Crippen molar-refractivity contribution in [2.75, 3.05) is 5.75 Å². The molecule has 1 heterocycles. The number of carbonyl (C=O) groups excluding carboxylic acids is 1. The fourth-order valence-electron chi connectivity index (χ4n) is 1.82. The topological polar surface area (TPSA) is 51.2 Å². The number of hydrogen-bond acceptors (Lipinski definition) is 4. The number of rotatable bonds is 5. The third kappa shape index (κ3) is 3.35. The Morgan fingerprint density at radius 2 is 1.80 bits per heavy atom. The smallest absolute Gasteiger partial charge is 0.195 e. The van der Waals surface area contributed by atoms with Crippen LogP contribution in [-0.4, -0.2) is 20.0 Å². The maximum atomic E-state index is 12.1. The summed E-state index contributed by atoms with van der Waals surface area (Å²) in [6, 6.07) is 10.3. The van der Waals surface area contributed by atoms with Crippen LogP contribution in [0, 0.1) is 0 Å². The van der Waals surface area contributed by atoms with Gasteiger partial charge >= 0.3 is 0 Å². The quantitative estimate of drug-likeness (QED) is 0.794. The molecule has 0 saturated carbocycles. The van der Waals surface area contributed by atoms with Gasteiger partial charge in [-0.05, 0) is 22.9 Å². The predicted molar refractivity (Wildman–Crippen MR) is 81.2 cm³/mol. The van der Waals surface area contributed by atoms with E-state index in [1.807, 2.05) is 12.1 Å². The third-order valence-corrected chi connectivity index (χ3v) is 6.13. The third-order valence-electron chi connectivity index (χ3n) is 3.02. The van der Waals surface area contributed by atoms with E-state index in [9.17, 15) is 13.2 Å². The van der Waals surface area contributed by atoms with Gasteiger partial charge in [0.1, 0.15) is 9.96 Å². The zero-order valence-corrected chi connectivity index (χ0v) is 13.0. The van der Waals surface area contributed by atoms with Crippen molar-refractivity contribution in [3.8, 4) is 0 Å². The minimum atomic E-state index is -3.52. The minimum Gasteiger partial charge on any atom is -0.293 e. The fourth-order valence-corrected chi connectivity index (χ4v) is 4.14. The van der Waals surface area contributed by atoms with E-state index in [0.717, 1.165) is 16.9 Å². The van der Waals surface area contributed by atoms with Crippen molar-refractivity contribution in [1.82, 2.24) is 0 Å². The van der Waals surface area contributed by atoms with Crippen LogP contribution in [0.1, 0.15) is 35.7 Å². The first-order valence-corrected chi connectivity index (χ1v) is 8.83. The predicted octanol–water partition coefficient (Wildman–Crippen LogP) is 3.53. The molecule has 0 radical (unpaired) electrons. The molecule has 1 aromatic heterocycles. The average molecular weight is 308 g/mol. The van der Waals surface area contributed by atoms with Crippen LogP contribution in [0.2, 0.25) is 0 Å². The summed E-state index contributed by atoms with van der Waals surface area (Å²) in [6.07, 6.45) is 0. The molecular weight excluding hydrogens is 292 g/mol. The Balaban J connectivity index is 2.16. The highest BCUT2D eigenvalue weighted by atomic mass is 32.2. The Labute approximate surface area is 123 Å². The molecule has 1 aromatic carbocycles. The van der Waals surface area contributed by atoms with Gasteiger partial charge in [0.15, 0.2) is 15.6 Å². The SMILES string of the molecule is CC(C)c1ccc(C(=O)CS(=O)(=O)c2cccs2)cc1. The van der Waals surface area contributed by atoms with E-state index in [4.69, 9.17) is 0 Å². The summed E-state index contributed by atoms with van der Waals surface area (Å²) in [5, 5.41) is 1.69. The van der Waals surface area contributed by atoms with E-state index in [2.05, 4.69) is 13.8 Å². The first-order chi connectivity index (χ1) is 9.40. The lowest BCUT2D eigenvalue weighted by molar-refractivity contribution is 0.102. The molecule has 0 amide bonds.